The Balaban J connectivity index is 3.14. The van der Waals surface area contributed by atoms with E-state index in [0.29, 0.717) is 32.8 Å². The molecule has 4 nitrogen and oxygen atoms in total. The fourth-order valence-electron chi connectivity index (χ4n) is 0.851. The molecule has 0 fully saturated rings. The Kier molecular flexibility index (Phi) is 9.29. The van der Waals surface area contributed by atoms with E-state index in [-0.39, 0.29) is 6.10 Å². The highest BCUT2D eigenvalue weighted by Gasteiger charge is 2.05. The SMILES string of the molecule is COCCOCCC(O)COC(C)C. The molecule has 0 aliphatic heterocycles. The Morgan fingerprint density at radius 2 is 1.86 bits per heavy atom. The van der Waals surface area contributed by atoms with Crippen molar-refractivity contribution in [2.75, 3.05) is 33.5 Å². The van der Waals surface area contributed by atoms with E-state index in [9.17, 15) is 5.11 Å². The monoisotopic (exact) mass is 206 g/mol. The molecule has 0 aliphatic carbocycles. The van der Waals surface area contributed by atoms with Crippen molar-refractivity contribution in [2.45, 2.75) is 32.5 Å². The van der Waals surface area contributed by atoms with Gasteiger partial charge in [0.05, 0.1) is 32.0 Å². The van der Waals surface area contributed by atoms with E-state index in [2.05, 4.69) is 0 Å². The highest BCUT2D eigenvalue weighted by molar-refractivity contribution is 4.53. The molecule has 0 spiro atoms. The van der Waals surface area contributed by atoms with Crippen LogP contribution in [0.3, 0.4) is 0 Å². The Morgan fingerprint density at radius 1 is 1.14 bits per heavy atom. The van der Waals surface area contributed by atoms with Crippen LogP contribution >= 0.6 is 0 Å². The van der Waals surface area contributed by atoms with Crippen LogP contribution in [0.5, 0.6) is 0 Å². The van der Waals surface area contributed by atoms with Gasteiger partial charge in [0.25, 0.3) is 0 Å². The van der Waals surface area contributed by atoms with Crippen molar-refractivity contribution in [2.24, 2.45) is 0 Å². The molecular weight excluding hydrogens is 184 g/mol. The zero-order valence-corrected chi connectivity index (χ0v) is 9.36. The van der Waals surface area contributed by atoms with E-state index >= 15 is 0 Å². The largest absolute Gasteiger partial charge is 0.391 e. The van der Waals surface area contributed by atoms with Crippen molar-refractivity contribution in [1.82, 2.24) is 0 Å². The lowest BCUT2D eigenvalue weighted by Gasteiger charge is -2.13. The van der Waals surface area contributed by atoms with Gasteiger partial charge in [-0.25, -0.2) is 0 Å². The smallest absolute Gasteiger partial charge is 0.0795 e. The average molecular weight is 206 g/mol. The van der Waals surface area contributed by atoms with Crippen molar-refractivity contribution < 1.29 is 19.3 Å². The molecular formula is C10H22O4. The van der Waals surface area contributed by atoms with E-state index in [4.69, 9.17) is 14.2 Å². The molecule has 1 unspecified atom stereocenters. The van der Waals surface area contributed by atoms with Crippen LogP contribution in [-0.2, 0) is 14.2 Å². The molecule has 0 aromatic carbocycles. The number of hydrogen-bond acceptors (Lipinski definition) is 4. The Hall–Kier alpha value is -0.160. The minimum absolute atomic E-state index is 0.166. The van der Waals surface area contributed by atoms with Crippen LogP contribution in [0, 0.1) is 0 Å². The van der Waals surface area contributed by atoms with Crippen LogP contribution in [0.2, 0.25) is 0 Å². The predicted octanol–water partition coefficient (Wildman–Crippen LogP) is 0.825. The van der Waals surface area contributed by atoms with Gasteiger partial charge in [0.15, 0.2) is 0 Å². The summed E-state index contributed by atoms with van der Waals surface area (Å²) in [5, 5.41) is 9.42. The second-order valence-electron chi connectivity index (χ2n) is 3.43. The maximum Gasteiger partial charge on any atom is 0.0795 e. The number of aliphatic hydroxyl groups is 1. The molecule has 0 heterocycles. The molecule has 0 aromatic heterocycles. The number of aliphatic hydroxyl groups excluding tert-OH is 1. The standard InChI is InChI=1S/C10H22O4/c1-9(2)14-8-10(11)4-5-13-7-6-12-3/h9-11H,4-8H2,1-3H3. The maximum atomic E-state index is 9.42. The summed E-state index contributed by atoms with van der Waals surface area (Å²) in [5.74, 6) is 0. The predicted molar refractivity (Wildman–Crippen MR) is 54.4 cm³/mol. The van der Waals surface area contributed by atoms with Gasteiger partial charge < -0.3 is 19.3 Å². The third kappa shape index (κ3) is 9.92. The van der Waals surface area contributed by atoms with Crippen molar-refractivity contribution in [3.8, 4) is 0 Å². The van der Waals surface area contributed by atoms with Crippen molar-refractivity contribution in [3.05, 3.63) is 0 Å². The molecule has 0 bridgehead atoms. The van der Waals surface area contributed by atoms with Crippen LogP contribution in [0.4, 0.5) is 0 Å². The molecule has 86 valence electrons. The second kappa shape index (κ2) is 9.40. The van der Waals surface area contributed by atoms with E-state index in [1.165, 1.54) is 0 Å². The minimum atomic E-state index is -0.431. The van der Waals surface area contributed by atoms with Crippen LogP contribution in [0.1, 0.15) is 20.3 Å². The Morgan fingerprint density at radius 3 is 2.43 bits per heavy atom. The normalized spacial score (nSPS) is 13.5. The molecule has 0 saturated heterocycles. The minimum Gasteiger partial charge on any atom is -0.391 e. The molecule has 4 heteroatoms. The lowest BCUT2D eigenvalue weighted by atomic mass is 10.3. The third-order valence-corrected chi connectivity index (χ3v) is 1.65. The lowest BCUT2D eigenvalue weighted by molar-refractivity contribution is -0.0134. The third-order valence-electron chi connectivity index (χ3n) is 1.65. The van der Waals surface area contributed by atoms with Gasteiger partial charge >= 0.3 is 0 Å². The number of rotatable bonds is 9. The van der Waals surface area contributed by atoms with Crippen molar-refractivity contribution >= 4 is 0 Å². The van der Waals surface area contributed by atoms with Crippen molar-refractivity contribution in [1.29, 1.82) is 0 Å². The quantitative estimate of drug-likeness (QED) is 0.568. The number of methoxy groups -OCH3 is 1. The summed E-state index contributed by atoms with van der Waals surface area (Å²) in [5.41, 5.74) is 0. The summed E-state index contributed by atoms with van der Waals surface area (Å²) < 4.78 is 15.3. The van der Waals surface area contributed by atoms with E-state index in [1.807, 2.05) is 13.8 Å². The maximum absolute atomic E-state index is 9.42. The number of hydrogen-bond donors (Lipinski definition) is 1. The molecule has 0 amide bonds. The van der Waals surface area contributed by atoms with E-state index in [1.54, 1.807) is 7.11 Å². The van der Waals surface area contributed by atoms with Crippen LogP contribution < -0.4 is 0 Å². The molecule has 0 rings (SSSR count). The molecule has 14 heavy (non-hydrogen) atoms. The van der Waals surface area contributed by atoms with Gasteiger partial charge in [0.2, 0.25) is 0 Å². The van der Waals surface area contributed by atoms with E-state index < -0.39 is 6.10 Å². The topological polar surface area (TPSA) is 47.9 Å². The Bertz CT molecular complexity index is 117. The molecule has 0 aliphatic rings. The summed E-state index contributed by atoms with van der Waals surface area (Å²) in [7, 11) is 1.63. The summed E-state index contributed by atoms with van der Waals surface area (Å²) in [6, 6.07) is 0. The first-order valence-corrected chi connectivity index (χ1v) is 5.03. The zero-order valence-electron chi connectivity index (χ0n) is 9.36. The van der Waals surface area contributed by atoms with Crippen LogP contribution in [-0.4, -0.2) is 50.9 Å². The molecule has 0 saturated carbocycles. The van der Waals surface area contributed by atoms with Crippen LogP contribution in [0.25, 0.3) is 0 Å². The van der Waals surface area contributed by atoms with E-state index in [0.717, 1.165) is 0 Å². The van der Waals surface area contributed by atoms with Gasteiger partial charge in [-0.3, -0.25) is 0 Å². The lowest BCUT2D eigenvalue weighted by Crippen LogP contribution is -2.20. The van der Waals surface area contributed by atoms with Gasteiger partial charge in [0.1, 0.15) is 0 Å². The first kappa shape index (κ1) is 13.8. The second-order valence-corrected chi connectivity index (χ2v) is 3.43. The van der Waals surface area contributed by atoms with Gasteiger partial charge in [-0.05, 0) is 20.3 Å². The fourth-order valence-corrected chi connectivity index (χ4v) is 0.851. The molecule has 1 atom stereocenters. The van der Waals surface area contributed by atoms with Gasteiger partial charge in [0, 0.05) is 13.7 Å². The number of ether oxygens (including phenoxy) is 3. The summed E-state index contributed by atoms with van der Waals surface area (Å²) >= 11 is 0. The summed E-state index contributed by atoms with van der Waals surface area (Å²) in [6.07, 6.45) is 0.343. The molecule has 0 radical (unpaired) electrons. The Labute approximate surface area is 86.2 Å². The first-order chi connectivity index (χ1) is 6.66. The van der Waals surface area contributed by atoms with Gasteiger partial charge in [-0.15, -0.1) is 0 Å². The van der Waals surface area contributed by atoms with Crippen molar-refractivity contribution in [3.63, 3.8) is 0 Å². The zero-order chi connectivity index (χ0) is 10.8. The summed E-state index contributed by atoms with van der Waals surface area (Å²) in [6.45, 7) is 5.99. The highest BCUT2D eigenvalue weighted by Crippen LogP contribution is 1.96. The fraction of sp³-hybridized carbons (Fsp3) is 1.00. The molecule has 1 N–H and O–H groups in total. The summed E-state index contributed by atoms with van der Waals surface area (Å²) in [4.78, 5) is 0. The van der Waals surface area contributed by atoms with Crippen LogP contribution in [0.15, 0.2) is 0 Å². The van der Waals surface area contributed by atoms with Gasteiger partial charge in [-0.1, -0.05) is 0 Å². The highest BCUT2D eigenvalue weighted by atomic mass is 16.5. The van der Waals surface area contributed by atoms with Gasteiger partial charge in [-0.2, -0.15) is 0 Å². The average Bonchev–Trinajstić information content (AvgIpc) is 2.14. The first-order valence-electron chi connectivity index (χ1n) is 5.03. The molecule has 0 aromatic rings.